The largest absolute Gasteiger partial charge is 0.385 e. The third-order valence-corrected chi connectivity index (χ3v) is 2.05. The first-order valence-corrected chi connectivity index (χ1v) is 4.66. The lowest BCUT2D eigenvalue weighted by atomic mass is 10.1. The predicted molar refractivity (Wildman–Crippen MR) is 59.2 cm³/mol. The quantitative estimate of drug-likeness (QED) is 0.547. The maximum atomic E-state index is 3.69. The van der Waals surface area contributed by atoms with Crippen LogP contribution in [0.4, 0.5) is 5.69 Å². The second-order valence-electron chi connectivity index (χ2n) is 3.32. The SMILES string of the molecule is C=CCCNc1ccc(C)cc1C. The van der Waals surface area contributed by atoms with E-state index in [0.29, 0.717) is 0 Å². The van der Waals surface area contributed by atoms with Crippen LogP contribution in [0.25, 0.3) is 0 Å². The van der Waals surface area contributed by atoms with Crippen LogP contribution in [0.2, 0.25) is 0 Å². The molecule has 0 saturated heterocycles. The molecule has 0 aliphatic heterocycles. The number of anilines is 1. The standard InChI is InChI=1S/C12H17N/c1-4-5-8-13-12-7-6-10(2)9-11(12)3/h4,6-7,9,13H,1,5,8H2,2-3H3. The summed E-state index contributed by atoms with van der Waals surface area (Å²) >= 11 is 0. The van der Waals surface area contributed by atoms with Gasteiger partial charge in [-0.1, -0.05) is 23.8 Å². The Bertz CT molecular complexity index is 289. The van der Waals surface area contributed by atoms with Crippen LogP contribution in [-0.4, -0.2) is 6.54 Å². The Balaban J connectivity index is 2.61. The molecule has 1 nitrogen and oxygen atoms in total. The van der Waals surface area contributed by atoms with E-state index in [2.05, 4.69) is 43.9 Å². The van der Waals surface area contributed by atoms with Gasteiger partial charge in [0.2, 0.25) is 0 Å². The Kier molecular flexibility index (Phi) is 3.56. The smallest absolute Gasteiger partial charge is 0.0370 e. The van der Waals surface area contributed by atoms with Gasteiger partial charge in [-0.05, 0) is 31.9 Å². The highest BCUT2D eigenvalue weighted by molar-refractivity contribution is 5.51. The molecule has 70 valence electrons. The normalized spacial score (nSPS) is 9.69. The molecular formula is C12H17N. The molecule has 0 aliphatic carbocycles. The summed E-state index contributed by atoms with van der Waals surface area (Å²) in [5, 5.41) is 3.37. The van der Waals surface area contributed by atoms with E-state index in [4.69, 9.17) is 0 Å². The molecule has 0 atom stereocenters. The van der Waals surface area contributed by atoms with E-state index >= 15 is 0 Å². The highest BCUT2D eigenvalue weighted by atomic mass is 14.9. The zero-order valence-corrected chi connectivity index (χ0v) is 8.43. The minimum atomic E-state index is 0.966. The first-order valence-electron chi connectivity index (χ1n) is 4.66. The van der Waals surface area contributed by atoms with Crippen molar-refractivity contribution in [3.63, 3.8) is 0 Å². The minimum absolute atomic E-state index is 0.966. The molecule has 1 N–H and O–H groups in total. The zero-order chi connectivity index (χ0) is 9.68. The third kappa shape index (κ3) is 2.94. The summed E-state index contributed by atoms with van der Waals surface area (Å²) in [4.78, 5) is 0. The monoisotopic (exact) mass is 175 g/mol. The van der Waals surface area contributed by atoms with Crippen molar-refractivity contribution in [3.8, 4) is 0 Å². The van der Waals surface area contributed by atoms with Gasteiger partial charge in [0.1, 0.15) is 0 Å². The van der Waals surface area contributed by atoms with Gasteiger partial charge in [0.25, 0.3) is 0 Å². The fourth-order valence-corrected chi connectivity index (χ4v) is 1.32. The molecule has 0 spiro atoms. The first-order chi connectivity index (χ1) is 6.24. The van der Waals surface area contributed by atoms with Gasteiger partial charge in [-0.3, -0.25) is 0 Å². The van der Waals surface area contributed by atoms with Gasteiger partial charge in [-0.15, -0.1) is 6.58 Å². The topological polar surface area (TPSA) is 12.0 Å². The van der Waals surface area contributed by atoms with Crippen LogP contribution in [0.5, 0.6) is 0 Å². The predicted octanol–water partition coefficient (Wildman–Crippen LogP) is 3.29. The number of benzene rings is 1. The van der Waals surface area contributed by atoms with Crippen molar-refractivity contribution < 1.29 is 0 Å². The molecule has 1 heteroatoms. The molecule has 1 aromatic rings. The number of aryl methyl sites for hydroxylation is 2. The van der Waals surface area contributed by atoms with E-state index in [1.165, 1.54) is 16.8 Å². The van der Waals surface area contributed by atoms with Crippen molar-refractivity contribution in [2.45, 2.75) is 20.3 Å². The van der Waals surface area contributed by atoms with Crippen molar-refractivity contribution in [2.24, 2.45) is 0 Å². The summed E-state index contributed by atoms with van der Waals surface area (Å²) in [7, 11) is 0. The second kappa shape index (κ2) is 4.70. The summed E-state index contributed by atoms with van der Waals surface area (Å²) < 4.78 is 0. The minimum Gasteiger partial charge on any atom is -0.385 e. The lowest BCUT2D eigenvalue weighted by Gasteiger charge is -2.08. The number of nitrogens with one attached hydrogen (secondary N) is 1. The van der Waals surface area contributed by atoms with Crippen LogP contribution >= 0.6 is 0 Å². The Morgan fingerprint density at radius 2 is 2.15 bits per heavy atom. The van der Waals surface area contributed by atoms with Gasteiger partial charge in [-0.2, -0.15) is 0 Å². The molecule has 0 radical (unpaired) electrons. The average Bonchev–Trinajstić information content (AvgIpc) is 2.09. The van der Waals surface area contributed by atoms with Crippen molar-refractivity contribution >= 4 is 5.69 Å². The second-order valence-corrected chi connectivity index (χ2v) is 3.32. The van der Waals surface area contributed by atoms with E-state index in [1.54, 1.807) is 0 Å². The number of hydrogen-bond acceptors (Lipinski definition) is 1. The maximum absolute atomic E-state index is 3.69. The molecule has 0 bridgehead atoms. The van der Waals surface area contributed by atoms with E-state index in [9.17, 15) is 0 Å². The lowest BCUT2D eigenvalue weighted by molar-refractivity contribution is 1.06. The lowest BCUT2D eigenvalue weighted by Crippen LogP contribution is -2.01. The molecule has 13 heavy (non-hydrogen) atoms. The van der Waals surface area contributed by atoms with Gasteiger partial charge in [0, 0.05) is 12.2 Å². The van der Waals surface area contributed by atoms with Crippen LogP contribution < -0.4 is 5.32 Å². The van der Waals surface area contributed by atoms with Crippen LogP contribution in [0.3, 0.4) is 0 Å². The zero-order valence-electron chi connectivity index (χ0n) is 8.43. The summed E-state index contributed by atoms with van der Waals surface area (Å²) in [6.07, 6.45) is 2.93. The van der Waals surface area contributed by atoms with Crippen LogP contribution in [0.1, 0.15) is 17.5 Å². The molecule has 1 aromatic carbocycles. The van der Waals surface area contributed by atoms with Gasteiger partial charge >= 0.3 is 0 Å². The molecule has 0 unspecified atom stereocenters. The maximum Gasteiger partial charge on any atom is 0.0370 e. The Morgan fingerprint density at radius 3 is 2.77 bits per heavy atom. The van der Waals surface area contributed by atoms with Gasteiger partial charge in [0.15, 0.2) is 0 Å². The highest BCUT2D eigenvalue weighted by Crippen LogP contribution is 2.15. The molecule has 0 aromatic heterocycles. The first kappa shape index (κ1) is 9.85. The number of hydrogen-bond donors (Lipinski definition) is 1. The summed E-state index contributed by atoms with van der Waals surface area (Å²) in [5.74, 6) is 0. The molecule has 0 aliphatic rings. The van der Waals surface area contributed by atoms with Crippen LogP contribution in [0, 0.1) is 13.8 Å². The molecule has 1 rings (SSSR count). The van der Waals surface area contributed by atoms with Crippen molar-refractivity contribution in [3.05, 3.63) is 42.0 Å². The van der Waals surface area contributed by atoms with Crippen molar-refractivity contribution in [1.82, 2.24) is 0 Å². The summed E-state index contributed by atoms with van der Waals surface area (Å²) in [5.41, 5.74) is 3.85. The van der Waals surface area contributed by atoms with Gasteiger partial charge in [-0.25, -0.2) is 0 Å². The van der Waals surface area contributed by atoms with E-state index in [0.717, 1.165) is 13.0 Å². The fraction of sp³-hybridized carbons (Fsp3) is 0.333. The molecule has 0 heterocycles. The fourth-order valence-electron chi connectivity index (χ4n) is 1.32. The van der Waals surface area contributed by atoms with E-state index < -0.39 is 0 Å². The van der Waals surface area contributed by atoms with Crippen molar-refractivity contribution in [2.75, 3.05) is 11.9 Å². The molecule has 0 fully saturated rings. The van der Waals surface area contributed by atoms with Crippen LogP contribution in [-0.2, 0) is 0 Å². The molecule has 0 saturated carbocycles. The summed E-state index contributed by atoms with van der Waals surface area (Å²) in [6.45, 7) is 8.89. The van der Waals surface area contributed by atoms with E-state index in [1.807, 2.05) is 6.08 Å². The van der Waals surface area contributed by atoms with Gasteiger partial charge in [0.05, 0.1) is 0 Å². The van der Waals surface area contributed by atoms with Crippen LogP contribution in [0.15, 0.2) is 30.9 Å². The Hall–Kier alpha value is -1.24. The Labute approximate surface area is 80.5 Å². The molecular weight excluding hydrogens is 158 g/mol. The average molecular weight is 175 g/mol. The Morgan fingerprint density at radius 1 is 1.38 bits per heavy atom. The third-order valence-electron chi connectivity index (χ3n) is 2.05. The van der Waals surface area contributed by atoms with Gasteiger partial charge < -0.3 is 5.32 Å². The summed E-state index contributed by atoms with van der Waals surface area (Å²) in [6, 6.07) is 6.45. The highest BCUT2D eigenvalue weighted by Gasteiger charge is 1.95. The number of rotatable bonds is 4. The van der Waals surface area contributed by atoms with E-state index in [-0.39, 0.29) is 0 Å². The molecule has 0 amide bonds. The van der Waals surface area contributed by atoms with Crippen molar-refractivity contribution in [1.29, 1.82) is 0 Å².